The zero-order valence-electron chi connectivity index (χ0n) is 10.0. The normalized spacial score (nSPS) is 10.4. The summed E-state index contributed by atoms with van der Waals surface area (Å²) in [5.41, 5.74) is 0.633. The first kappa shape index (κ1) is 15.2. The van der Waals surface area contributed by atoms with Gasteiger partial charge in [-0.05, 0) is 59.3 Å². The van der Waals surface area contributed by atoms with Gasteiger partial charge in [-0.25, -0.2) is 4.98 Å². The van der Waals surface area contributed by atoms with Gasteiger partial charge in [0, 0.05) is 8.59 Å². The number of nitrogens with one attached hydrogen (secondary N) is 1. The van der Waals surface area contributed by atoms with Crippen LogP contribution in [0.2, 0.25) is 10.3 Å². The molecule has 104 valence electrons. The summed E-state index contributed by atoms with van der Waals surface area (Å²) < 4.78 is 0.803. The summed E-state index contributed by atoms with van der Waals surface area (Å²) in [6.45, 7) is 1.50. The lowest BCUT2D eigenvalue weighted by molar-refractivity contribution is -0.385. The summed E-state index contributed by atoms with van der Waals surface area (Å²) in [5, 5.41) is 14.5. The number of aromatic nitrogens is 2. The number of rotatable bonds is 3. The quantitative estimate of drug-likeness (QED) is 0.343. The molecule has 0 fully saturated rings. The van der Waals surface area contributed by atoms with E-state index in [1.54, 1.807) is 18.2 Å². The van der Waals surface area contributed by atoms with Crippen LogP contribution in [0.4, 0.5) is 17.2 Å². The van der Waals surface area contributed by atoms with Gasteiger partial charge in [-0.15, -0.1) is 0 Å². The van der Waals surface area contributed by atoms with Gasteiger partial charge in [0.1, 0.15) is 5.69 Å². The van der Waals surface area contributed by atoms with E-state index in [-0.39, 0.29) is 22.5 Å². The van der Waals surface area contributed by atoms with Crippen molar-refractivity contribution in [1.29, 1.82) is 0 Å². The Morgan fingerprint density at radius 2 is 2.05 bits per heavy atom. The fourth-order valence-corrected chi connectivity index (χ4v) is 2.77. The zero-order chi connectivity index (χ0) is 14.9. The lowest BCUT2D eigenvalue weighted by Crippen LogP contribution is -2.05. The highest BCUT2D eigenvalue weighted by molar-refractivity contribution is 14.1. The molecule has 0 radical (unpaired) electrons. The number of nitro groups is 1. The Hall–Kier alpha value is -1.19. The van der Waals surface area contributed by atoms with Crippen molar-refractivity contribution in [2.24, 2.45) is 0 Å². The smallest absolute Gasteiger partial charge is 0.332 e. The molecule has 1 N–H and O–H groups in total. The maximum Gasteiger partial charge on any atom is 0.332 e. The molecule has 1 heterocycles. The fourth-order valence-electron chi connectivity index (χ4n) is 1.56. The Morgan fingerprint density at radius 3 is 2.65 bits per heavy atom. The van der Waals surface area contributed by atoms with Gasteiger partial charge in [-0.1, -0.05) is 11.6 Å². The van der Waals surface area contributed by atoms with Crippen LogP contribution in [0.5, 0.6) is 0 Å². The fraction of sp³-hybridized carbons (Fsp3) is 0.0909. The average molecular weight is 425 g/mol. The van der Waals surface area contributed by atoms with Crippen LogP contribution in [0.3, 0.4) is 0 Å². The van der Waals surface area contributed by atoms with E-state index in [1.807, 2.05) is 0 Å². The van der Waals surface area contributed by atoms with Gasteiger partial charge in [0.25, 0.3) is 0 Å². The minimum atomic E-state index is -0.545. The van der Waals surface area contributed by atoms with Crippen LogP contribution in [0.15, 0.2) is 18.2 Å². The third kappa shape index (κ3) is 3.28. The van der Waals surface area contributed by atoms with Gasteiger partial charge in [0.05, 0.1) is 10.6 Å². The summed E-state index contributed by atoms with van der Waals surface area (Å²) in [6.07, 6.45) is 0. The summed E-state index contributed by atoms with van der Waals surface area (Å²) in [7, 11) is 0. The Balaban J connectivity index is 2.50. The first-order chi connectivity index (χ1) is 9.38. The Kier molecular flexibility index (Phi) is 4.61. The molecule has 9 heteroatoms. The largest absolute Gasteiger partial charge is 0.333 e. The molecule has 0 saturated heterocycles. The molecule has 1 aromatic heterocycles. The number of benzene rings is 1. The van der Waals surface area contributed by atoms with E-state index < -0.39 is 4.92 Å². The molecule has 2 rings (SSSR count). The topological polar surface area (TPSA) is 81.0 Å². The monoisotopic (exact) mass is 424 g/mol. The second-order valence-corrected chi connectivity index (χ2v) is 5.72. The van der Waals surface area contributed by atoms with Crippen molar-refractivity contribution in [2.45, 2.75) is 6.92 Å². The van der Waals surface area contributed by atoms with Gasteiger partial charge in [-0.3, -0.25) is 10.1 Å². The minimum absolute atomic E-state index is 0.0488. The highest BCUT2D eigenvalue weighted by Crippen LogP contribution is 2.31. The third-order valence-electron chi connectivity index (χ3n) is 2.40. The number of hydrogen-bond acceptors (Lipinski definition) is 5. The molecule has 1 aromatic carbocycles. The molecular formula is C11H7Cl2IN4O2. The second-order valence-electron chi connectivity index (χ2n) is 3.78. The summed E-state index contributed by atoms with van der Waals surface area (Å²) >= 11 is 13.7. The molecule has 0 bridgehead atoms. The lowest BCUT2D eigenvalue weighted by Gasteiger charge is -2.09. The standard InChI is InChI=1S/C11H7Cl2IN4O2/c1-5-9(18(19)20)10(17-11(13)15-5)16-8-3-2-6(12)4-7(8)14/h2-4H,1H3,(H,15,16,17). The average Bonchev–Trinajstić information content (AvgIpc) is 2.31. The highest BCUT2D eigenvalue weighted by atomic mass is 127. The molecule has 20 heavy (non-hydrogen) atoms. The van der Waals surface area contributed by atoms with Crippen molar-refractivity contribution in [1.82, 2.24) is 9.97 Å². The predicted molar refractivity (Wildman–Crippen MR) is 85.9 cm³/mol. The van der Waals surface area contributed by atoms with Crippen LogP contribution < -0.4 is 5.32 Å². The summed E-state index contributed by atoms with van der Waals surface area (Å²) in [6, 6.07) is 5.11. The minimum Gasteiger partial charge on any atom is -0.333 e. The second kappa shape index (κ2) is 6.06. The maximum atomic E-state index is 11.1. The van der Waals surface area contributed by atoms with Gasteiger partial charge >= 0.3 is 5.69 Å². The number of halogens is 3. The van der Waals surface area contributed by atoms with E-state index in [1.165, 1.54) is 6.92 Å². The molecule has 0 atom stereocenters. The van der Waals surface area contributed by atoms with Crippen LogP contribution in [0.25, 0.3) is 0 Å². The highest BCUT2D eigenvalue weighted by Gasteiger charge is 2.22. The van der Waals surface area contributed by atoms with Crippen LogP contribution in [-0.2, 0) is 0 Å². The van der Waals surface area contributed by atoms with E-state index >= 15 is 0 Å². The Bertz CT molecular complexity index is 696. The molecule has 6 nitrogen and oxygen atoms in total. The Labute approximate surface area is 137 Å². The molecule has 0 amide bonds. The summed E-state index contributed by atoms with van der Waals surface area (Å²) in [4.78, 5) is 18.2. The summed E-state index contributed by atoms with van der Waals surface area (Å²) in [5.74, 6) is 0.0488. The molecule has 0 unspecified atom stereocenters. The van der Waals surface area contributed by atoms with Crippen molar-refractivity contribution in [3.63, 3.8) is 0 Å². The molecule has 0 aliphatic carbocycles. The Morgan fingerprint density at radius 1 is 1.35 bits per heavy atom. The lowest BCUT2D eigenvalue weighted by atomic mass is 10.3. The van der Waals surface area contributed by atoms with Gasteiger partial charge in [0.15, 0.2) is 0 Å². The van der Waals surface area contributed by atoms with E-state index in [9.17, 15) is 10.1 Å². The molecule has 0 spiro atoms. The maximum absolute atomic E-state index is 11.1. The molecular weight excluding hydrogens is 418 g/mol. The first-order valence-electron chi connectivity index (χ1n) is 5.29. The van der Waals surface area contributed by atoms with Crippen LogP contribution in [0, 0.1) is 20.6 Å². The van der Waals surface area contributed by atoms with E-state index in [0.717, 1.165) is 3.57 Å². The number of anilines is 2. The SMILES string of the molecule is Cc1nc(Cl)nc(Nc2ccc(Cl)cc2I)c1[N+](=O)[O-]. The van der Waals surface area contributed by atoms with E-state index in [0.29, 0.717) is 10.7 Å². The first-order valence-corrected chi connectivity index (χ1v) is 7.12. The van der Waals surface area contributed by atoms with Crippen molar-refractivity contribution >= 4 is 63.0 Å². The number of nitrogens with zero attached hydrogens (tertiary/aromatic N) is 3. The zero-order valence-corrected chi connectivity index (χ0v) is 13.7. The third-order valence-corrected chi connectivity index (χ3v) is 3.69. The van der Waals surface area contributed by atoms with Crippen molar-refractivity contribution in [2.75, 3.05) is 5.32 Å². The number of aryl methyl sites for hydroxylation is 1. The van der Waals surface area contributed by atoms with Gasteiger partial charge in [-0.2, -0.15) is 4.98 Å². The molecule has 0 saturated carbocycles. The van der Waals surface area contributed by atoms with Crippen LogP contribution >= 0.6 is 45.8 Å². The van der Waals surface area contributed by atoms with Crippen molar-refractivity contribution < 1.29 is 4.92 Å². The predicted octanol–water partition coefficient (Wildman–Crippen LogP) is 4.35. The van der Waals surface area contributed by atoms with E-state index in [2.05, 4.69) is 37.9 Å². The van der Waals surface area contributed by atoms with Gasteiger partial charge < -0.3 is 5.32 Å². The van der Waals surface area contributed by atoms with Gasteiger partial charge in [0.2, 0.25) is 11.1 Å². The molecule has 0 aliphatic rings. The van der Waals surface area contributed by atoms with Crippen LogP contribution in [0.1, 0.15) is 5.69 Å². The van der Waals surface area contributed by atoms with Crippen molar-refractivity contribution in [3.05, 3.63) is 47.9 Å². The molecule has 2 aromatic rings. The van der Waals surface area contributed by atoms with E-state index in [4.69, 9.17) is 23.2 Å². The number of hydrogen-bond donors (Lipinski definition) is 1. The van der Waals surface area contributed by atoms with Crippen LogP contribution in [-0.4, -0.2) is 14.9 Å². The molecule has 0 aliphatic heterocycles. The van der Waals surface area contributed by atoms with Crippen molar-refractivity contribution in [3.8, 4) is 0 Å².